The molecule has 1 amide bonds. The molecule has 32 heavy (non-hydrogen) atoms. The third-order valence-electron chi connectivity index (χ3n) is 3.91. The largest absolute Gasteiger partial charge is 0.506 e. The molecule has 13 heteroatoms. The average Bonchev–Trinajstić information content (AvgIpc) is 2.66. The topological polar surface area (TPSA) is 73.1 Å². The predicted octanol–water partition coefficient (Wildman–Crippen LogP) is 6.17. The van der Waals surface area contributed by atoms with E-state index in [9.17, 15) is 49.4 Å². The van der Waals surface area contributed by atoms with Gasteiger partial charge in [-0.3, -0.25) is 4.79 Å². The van der Waals surface area contributed by atoms with Crippen LogP contribution >= 0.6 is 0 Å². The molecule has 4 nitrogen and oxygen atoms in total. The van der Waals surface area contributed by atoms with Crippen LogP contribution in [0.25, 0.3) is 5.76 Å². The zero-order valence-electron chi connectivity index (χ0n) is 15.2. The highest BCUT2D eigenvalue weighted by Crippen LogP contribution is 2.38. The number of nitrogens with one attached hydrogen (secondary N) is 1. The number of nitriles is 1. The molecule has 0 radical (unpaired) electrons. The number of nitrogens with zero attached hydrogens (tertiary/aromatic N) is 1. The lowest BCUT2D eigenvalue weighted by molar-refractivity contribution is -0.143. The number of carbonyl (C=O) groups is 1. The molecule has 0 aliphatic carbocycles. The smallest absolute Gasteiger partial charge is 0.416 e. The first-order valence-corrected chi connectivity index (χ1v) is 8.16. The maximum atomic E-state index is 13.0. The maximum Gasteiger partial charge on any atom is 0.416 e. The molecule has 2 aromatic rings. The SMILES string of the molecule is N#CC(C(=O)Nc1ccc(C(F)(F)F)cc1)=C(O)c1cc(C(F)(F)F)cc(C(F)(F)F)c1. The molecule has 0 bridgehead atoms. The molecule has 0 aliphatic rings. The Hall–Kier alpha value is -3.69. The van der Waals surface area contributed by atoms with E-state index < -0.39 is 58.0 Å². The zero-order chi connectivity index (χ0) is 24.5. The quantitative estimate of drug-likeness (QED) is 0.245. The Kier molecular flexibility index (Phi) is 6.49. The number of anilines is 1. The van der Waals surface area contributed by atoms with Gasteiger partial charge >= 0.3 is 18.5 Å². The molecule has 0 spiro atoms. The standard InChI is InChI=1S/C19H9F9N2O2/c20-17(21,22)10-1-3-13(4-2-10)30-16(32)14(8-29)15(31)9-5-11(18(23,24)25)7-12(6-9)19(26,27)28/h1-7,31H,(H,30,32). The zero-order valence-corrected chi connectivity index (χ0v) is 15.2. The summed E-state index contributed by atoms with van der Waals surface area (Å²) in [6.07, 6.45) is -15.2. The average molecular weight is 468 g/mol. The first kappa shape index (κ1) is 24.6. The molecular weight excluding hydrogens is 459 g/mol. The molecular formula is C19H9F9N2O2. The second kappa shape index (κ2) is 8.45. The second-order valence-electron chi connectivity index (χ2n) is 6.16. The fourth-order valence-electron chi connectivity index (χ4n) is 2.38. The van der Waals surface area contributed by atoms with Crippen molar-refractivity contribution in [3.63, 3.8) is 0 Å². The highest BCUT2D eigenvalue weighted by Gasteiger charge is 2.37. The summed E-state index contributed by atoms with van der Waals surface area (Å²) in [5, 5.41) is 21.1. The number of carbonyl (C=O) groups excluding carboxylic acids is 1. The lowest BCUT2D eigenvalue weighted by atomic mass is 10.0. The van der Waals surface area contributed by atoms with E-state index in [1.807, 2.05) is 5.32 Å². The van der Waals surface area contributed by atoms with Crippen molar-refractivity contribution in [2.24, 2.45) is 0 Å². The van der Waals surface area contributed by atoms with E-state index in [4.69, 9.17) is 5.26 Å². The van der Waals surface area contributed by atoms with Crippen LogP contribution in [0, 0.1) is 11.3 Å². The van der Waals surface area contributed by atoms with Gasteiger partial charge < -0.3 is 10.4 Å². The summed E-state index contributed by atoms with van der Waals surface area (Å²) in [5.41, 5.74) is -7.34. The fraction of sp³-hybridized carbons (Fsp3) is 0.158. The Morgan fingerprint density at radius 2 is 1.22 bits per heavy atom. The molecule has 0 saturated carbocycles. The normalized spacial score (nSPS) is 13.2. The van der Waals surface area contributed by atoms with Gasteiger partial charge in [0, 0.05) is 11.3 Å². The first-order chi connectivity index (χ1) is 14.5. The van der Waals surface area contributed by atoms with Crippen LogP contribution in [-0.2, 0) is 23.3 Å². The van der Waals surface area contributed by atoms with Crippen LogP contribution in [0.15, 0.2) is 48.0 Å². The minimum atomic E-state index is -5.24. The molecule has 0 atom stereocenters. The predicted molar refractivity (Wildman–Crippen MR) is 91.7 cm³/mol. The van der Waals surface area contributed by atoms with E-state index in [-0.39, 0.29) is 23.9 Å². The highest BCUT2D eigenvalue weighted by molar-refractivity contribution is 6.11. The van der Waals surface area contributed by atoms with Crippen molar-refractivity contribution in [1.82, 2.24) is 0 Å². The van der Waals surface area contributed by atoms with Crippen LogP contribution in [0.1, 0.15) is 22.3 Å². The van der Waals surface area contributed by atoms with Gasteiger partial charge in [0.1, 0.15) is 11.8 Å². The van der Waals surface area contributed by atoms with E-state index >= 15 is 0 Å². The number of benzene rings is 2. The van der Waals surface area contributed by atoms with Gasteiger partial charge in [-0.2, -0.15) is 44.8 Å². The van der Waals surface area contributed by atoms with E-state index in [0.717, 1.165) is 18.2 Å². The van der Waals surface area contributed by atoms with Gasteiger partial charge in [-0.25, -0.2) is 0 Å². The summed E-state index contributed by atoms with van der Waals surface area (Å²) < 4.78 is 115. The number of halogens is 9. The summed E-state index contributed by atoms with van der Waals surface area (Å²) in [5.74, 6) is -2.97. The molecule has 0 unspecified atom stereocenters. The van der Waals surface area contributed by atoms with Gasteiger partial charge in [0.05, 0.1) is 16.7 Å². The van der Waals surface area contributed by atoms with Crippen molar-refractivity contribution in [2.75, 3.05) is 5.32 Å². The lowest BCUT2D eigenvalue weighted by Crippen LogP contribution is -2.16. The Morgan fingerprint density at radius 1 is 0.781 bits per heavy atom. The van der Waals surface area contributed by atoms with E-state index in [1.165, 1.54) is 0 Å². The minimum absolute atomic E-state index is 0.104. The summed E-state index contributed by atoms with van der Waals surface area (Å²) in [7, 11) is 0. The monoisotopic (exact) mass is 468 g/mol. The Labute approximate surface area is 173 Å². The molecule has 0 fully saturated rings. The van der Waals surface area contributed by atoms with Gasteiger partial charge in [-0.15, -0.1) is 0 Å². The Bertz CT molecular complexity index is 1060. The molecule has 170 valence electrons. The number of alkyl halides is 9. The Morgan fingerprint density at radius 3 is 1.59 bits per heavy atom. The maximum absolute atomic E-state index is 13.0. The van der Waals surface area contributed by atoms with Crippen molar-refractivity contribution in [3.8, 4) is 6.07 Å². The van der Waals surface area contributed by atoms with Gasteiger partial charge in [-0.05, 0) is 42.5 Å². The number of aliphatic hydroxyl groups excluding tert-OH is 1. The third kappa shape index (κ3) is 5.71. The molecule has 2 N–H and O–H groups in total. The van der Waals surface area contributed by atoms with E-state index in [0.29, 0.717) is 12.1 Å². The highest BCUT2D eigenvalue weighted by atomic mass is 19.4. The van der Waals surface area contributed by atoms with Crippen LogP contribution < -0.4 is 5.32 Å². The van der Waals surface area contributed by atoms with Crippen molar-refractivity contribution in [3.05, 3.63) is 70.3 Å². The van der Waals surface area contributed by atoms with Crippen LogP contribution in [0.2, 0.25) is 0 Å². The number of hydrogen-bond acceptors (Lipinski definition) is 3. The first-order valence-electron chi connectivity index (χ1n) is 8.16. The van der Waals surface area contributed by atoms with Gasteiger partial charge in [-0.1, -0.05) is 0 Å². The molecule has 0 aromatic heterocycles. The minimum Gasteiger partial charge on any atom is -0.506 e. The van der Waals surface area contributed by atoms with E-state index in [2.05, 4.69) is 0 Å². The molecule has 0 heterocycles. The van der Waals surface area contributed by atoms with Gasteiger partial charge in [0.2, 0.25) is 0 Å². The summed E-state index contributed by atoms with van der Waals surface area (Å²) in [6, 6.07) is 3.87. The Balaban J connectivity index is 2.48. The number of rotatable bonds is 3. The number of aliphatic hydroxyl groups is 1. The van der Waals surface area contributed by atoms with Gasteiger partial charge in [0.25, 0.3) is 5.91 Å². The molecule has 0 aliphatic heterocycles. The molecule has 2 aromatic carbocycles. The van der Waals surface area contributed by atoms with E-state index in [1.54, 1.807) is 0 Å². The van der Waals surface area contributed by atoms with Crippen molar-refractivity contribution >= 4 is 17.4 Å². The van der Waals surface area contributed by atoms with Crippen molar-refractivity contribution in [1.29, 1.82) is 5.26 Å². The molecule has 0 saturated heterocycles. The summed E-state index contributed by atoms with van der Waals surface area (Å²) in [4.78, 5) is 12.2. The summed E-state index contributed by atoms with van der Waals surface area (Å²) >= 11 is 0. The van der Waals surface area contributed by atoms with Crippen molar-refractivity contribution < 1.29 is 49.4 Å². The van der Waals surface area contributed by atoms with Crippen LogP contribution in [-0.4, -0.2) is 11.0 Å². The number of amides is 1. The fourth-order valence-corrected chi connectivity index (χ4v) is 2.38. The van der Waals surface area contributed by atoms with Crippen LogP contribution in [0.4, 0.5) is 45.2 Å². The van der Waals surface area contributed by atoms with Crippen molar-refractivity contribution in [2.45, 2.75) is 18.5 Å². The summed E-state index contributed by atoms with van der Waals surface area (Å²) in [6.45, 7) is 0. The van der Waals surface area contributed by atoms with Crippen LogP contribution in [0.3, 0.4) is 0 Å². The lowest BCUT2D eigenvalue weighted by Gasteiger charge is -2.14. The second-order valence-corrected chi connectivity index (χ2v) is 6.16. The third-order valence-corrected chi connectivity index (χ3v) is 3.91. The van der Waals surface area contributed by atoms with Gasteiger partial charge in [0.15, 0.2) is 5.57 Å². The van der Waals surface area contributed by atoms with Crippen LogP contribution in [0.5, 0.6) is 0 Å². The molecule has 2 rings (SSSR count). The number of hydrogen-bond donors (Lipinski definition) is 2.